The van der Waals surface area contributed by atoms with E-state index in [0.29, 0.717) is 11.3 Å². The van der Waals surface area contributed by atoms with Crippen LogP contribution in [0.15, 0.2) is 59.6 Å². The number of benzene rings is 2. The number of aliphatic imine (C=N–C) groups is 1. The van der Waals surface area contributed by atoms with Crippen LogP contribution in [0, 0.1) is 0 Å². The van der Waals surface area contributed by atoms with Crippen LogP contribution in [0.3, 0.4) is 0 Å². The molecular formula is C27H35N4NaO7. The zero-order valence-corrected chi connectivity index (χ0v) is 22.3. The van der Waals surface area contributed by atoms with Gasteiger partial charge in [0.15, 0.2) is 0 Å². The molecule has 0 radical (unpaired) electrons. The van der Waals surface area contributed by atoms with Crippen LogP contribution in [0.2, 0.25) is 0 Å². The molecule has 1 unspecified atom stereocenters. The van der Waals surface area contributed by atoms with Crippen LogP contribution in [0.5, 0.6) is 0 Å². The molecule has 0 aromatic heterocycles. The van der Waals surface area contributed by atoms with Crippen LogP contribution in [0.25, 0.3) is 0 Å². The summed E-state index contributed by atoms with van der Waals surface area (Å²) >= 11 is 0. The van der Waals surface area contributed by atoms with E-state index in [1.165, 1.54) is 24.3 Å². The van der Waals surface area contributed by atoms with E-state index >= 15 is 0 Å². The molecule has 0 saturated carbocycles. The van der Waals surface area contributed by atoms with Gasteiger partial charge < -0.3 is 25.2 Å². The number of nitrogens with zero attached hydrogens (tertiary/aromatic N) is 1. The number of alkyl carbamates (subject to hydrolysis) is 1. The molecule has 0 spiro atoms. The first-order valence-corrected chi connectivity index (χ1v) is 11.9. The molecule has 0 saturated heterocycles. The van der Waals surface area contributed by atoms with Crippen LogP contribution >= 0.6 is 0 Å². The summed E-state index contributed by atoms with van der Waals surface area (Å²) in [5, 5.41) is 16.9. The summed E-state index contributed by atoms with van der Waals surface area (Å²) in [6.07, 6.45) is -1.62. The fourth-order valence-corrected chi connectivity index (χ4v) is 3.03. The summed E-state index contributed by atoms with van der Waals surface area (Å²) in [5.74, 6) is -1.28. The molecular weight excluding hydrogens is 515 g/mol. The van der Waals surface area contributed by atoms with Gasteiger partial charge in [-0.1, -0.05) is 30.3 Å². The van der Waals surface area contributed by atoms with Gasteiger partial charge in [-0.2, -0.15) is 4.99 Å². The Bertz CT molecular complexity index is 1170. The third kappa shape index (κ3) is 13.3. The first kappa shape index (κ1) is 33.6. The monoisotopic (exact) mass is 550 g/mol. The van der Waals surface area contributed by atoms with E-state index in [2.05, 4.69) is 20.9 Å². The van der Waals surface area contributed by atoms with Crippen molar-refractivity contribution in [1.82, 2.24) is 10.6 Å². The number of nitrogens with one attached hydrogen (secondary N) is 3. The number of aliphatic carboxylic acids is 1. The van der Waals surface area contributed by atoms with Crippen LogP contribution in [-0.4, -0.2) is 81.9 Å². The Hall–Kier alpha value is -3.41. The minimum atomic E-state index is -1.17. The summed E-state index contributed by atoms with van der Waals surface area (Å²) in [4.78, 5) is 52.6. The number of amides is 4. The van der Waals surface area contributed by atoms with Gasteiger partial charge in [0.1, 0.15) is 23.1 Å². The van der Waals surface area contributed by atoms with Gasteiger partial charge in [-0.3, -0.25) is 5.32 Å². The summed E-state index contributed by atoms with van der Waals surface area (Å²) in [6, 6.07) is 13.1. The van der Waals surface area contributed by atoms with Crippen molar-refractivity contribution >= 4 is 65.3 Å². The second-order valence-corrected chi connectivity index (χ2v) is 10.3. The molecule has 11 nitrogen and oxygen atoms in total. The molecule has 2 aromatic rings. The maximum atomic E-state index is 12.4. The van der Waals surface area contributed by atoms with E-state index in [1.807, 2.05) is 6.07 Å². The zero-order valence-electron chi connectivity index (χ0n) is 22.3. The number of amidine groups is 1. The summed E-state index contributed by atoms with van der Waals surface area (Å²) in [5.41, 5.74) is -0.146. The minimum absolute atomic E-state index is 0. The molecule has 4 amide bonds. The second-order valence-electron chi connectivity index (χ2n) is 10.3. The number of urea groups is 1. The molecule has 4 N–H and O–H groups in total. The zero-order chi connectivity index (χ0) is 28.5. The van der Waals surface area contributed by atoms with Crippen molar-refractivity contribution in [3.05, 3.63) is 65.7 Å². The Morgan fingerprint density at radius 1 is 0.872 bits per heavy atom. The number of carboxylic acid groups (broad SMARTS) is 1. The fourth-order valence-electron chi connectivity index (χ4n) is 3.03. The third-order valence-electron chi connectivity index (χ3n) is 4.52. The molecule has 2 rings (SSSR count). The predicted molar refractivity (Wildman–Crippen MR) is 149 cm³/mol. The van der Waals surface area contributed by atoms with Gasteiger partial charge in [-0.25, -0.2) is 19.2 Å². The number of hydrogen-bond donors (Lipinski definition) is 4. The summed E-state index contributed by atoms with van der Waals surface area (Å²) < 4.78 is 10.5. The van der Waals surface area contributed by atoms with Crippen LogP contribution in [0.4, 0.5) is 20.1 Å². The summed E-state index contributed by atoms with van der Waals surface area (Å²) in [6.45, 7) is 10.1. The number of carboxylic acids is 1. The van der Waals surface area contributed by atoms with Gasteiger partial charge in [0.05, 0.1) is 0 Å². The molecule has 0 aliphatic carbocycles. The van der Waals surface area contributed by atoms with Gasteiger partial charge >= 0.3 is 53.7 Å². The van der Waals surface area contributed by atoms with E-state index in [0.717, 1.165) is 5.56 Å². The maximum absolute atomic E-state index is 12.4. The number of rotatable bonds is 6. The van der Waals surface area contributed by atoms with Gasteiger partial charge in [-0.15, -0.1) is 0 Å². The van der Waals surface area contributed by atoms with E-state index in [1.54, 1.807) is 65.8 Å². The fraction of sp³-hybridized carbons (Fsp3) is 0.370. The Labute approximate surface area is 250 Å². The molecule has 1 atom stereocenters. The average Bonchev–Trinajstić information content (AvgIpc) is 2.77. The van der Waals surface area contributed by atoms with Crippen LogP contribution in [0.1, 0.15) is 52.7 Å². The van der Waals surface area contributed by atoms with Crippen molar-refractivity contribution in [3.63, 3.8) is 0 Å². The molecule has 0 bridgehead atoms. The number of anilines is 1. The van der Waals surface area contributed by atoms with Crippen molar-refractivity contribution in [3.8, 4) is 0 Å². The van der Waals surface area contributed by atoms with E-state index in [4.69, 9.17) is 9.47 Å². The molecule has 0 aliphatic rings. The van der Waals surface area contributed by atoms with Gasteiger partial charge in [-0.05, 0) is 71.4 Å². The van der Waals surface area contributed by atoms with Crippen LogP contribution < -0.4 is 16.0 Å². The molecule has 0 fully saturated rings. The Morgan fingerprint density at radius 3 is 1.95 bits per heavy atom. The van der Waals surface area contributed by atoms with Crippen molar-refractivity contribution in [2.45, 2.75) is 65.2 Å². The Kier molecular flexibility index (Phi) is 12.6. The molecule has 2 aromatic carbocycles. The predicted octanol–water partition coefficient (Wildman–Crippen LogP) is 4.06. The molecule has 39 heavy (non-hydrogen) atoms. The summed E-state index contributed by atoms with van der Waals surface area (Å²) in [7, 11) is 0. The number of carbonyl (C=O) groups is 4. The first-order valence-electron chi connectivity index (χ1n) is 11.9. The van der Waals surface area contributed by atoms with Crippen molar-refractivity contribution in [1.29, 1.82) is 0 Å². The van der Waals surface area contributed by atoms with Gasteiger partial charge in [0.2, 0.25) is 0 Å². The molecule has 0 aliphatic heterocycles. The average molecular weight is 551 g/mol. The van der Waals surface area contributed by atoms with Crippen molar-refractivity contribution in [2.24, 2.45) is 4.99 Å². The van der Waals surface area contributed by atoms with E-state index < -0.39 is 41.4 Å². The SMILES string of the molecule is CC(C)(C)OC(=O)N=C(NC(=O)OC(C)(C)C)c1ccc(NC(=O)NC(Cc2ccccc2)C(=O)O)cc1.[NaH]. The van der Waals surface area contributed by atoms with Crippen LogP contribution in [-0.2, 0) is 20.7 Å². The third-order valence-corrected chi connectivity index (χ3v) is 4.52. The first-order chi connectivity index (χ1) is 17.6. The number of hydrogen-bond acceptors (Lipinski definition) is 6. The van der Waals surface area contributed by atoms with Gasteiger partial charge in [0.25, 0.3) is 0 Å². The molecule has 206 valence electrons. The second kappa shape index (κ2) is 14.7. The van der Waals surface area contributed by atoms with E-state index in [-0.39, 0.29) is 41.8 Å². The Morgan fingerprint density at radius 2 is 1.44 bits per heavy atom. The molecule has 12 heteroatoms. The number of carbonyl (C=O) groups excluding carboxylic acids is 3. The molecule has 0 heterocycles. The normalized spacial score (nSPS) is 12.3. The van der Waals surface area contributed by atoms with Crippen molar-refractivity contribution < 1.29 is 33.8 Å². The quantitative estimate of drug-likeness (QED) is 0.240. The topological polar surface area (TPSA) is 155 Å². The Balaban J connectivity index is 0.00000760. The number of ether oxygens (including phenoxy) is 2. The van der Waals surface area contributed by atoms with Crippen molar-refractivity contribution in [2.75, 3.05) is 5.32 Å². The standard InChI is InChI=1S/C27H34N4O7.Na.H/c1-26(2,3)37-24(35)30-21(31-25(36)38-27(4,5)6)18-12-14-19(15-13-18)28-23(34)29-20(22(32)33)16-17-10-8-7-9-11-17;;/h7-15,20H,16H2,1-6H3,(H,32,33)(H2,28,29,34)(H,30,31,35,36);;. The van der Waals surface area contributed by atoms with Gasteiger partial charge in [0, 0.05) is 17.7 Å². The van der Waals surface area contributed by atoms with E-state index in [9.17, 15) is 24.3 Å².